The Morgan fingerprint density at radius 3 is 2.33 bits per heavy atom. The van der Waals surface area contributed by atoms with Crippen molar-refractivity contribution in [2.24, 2.45) is 0 Å². The van der Waals surface area contributed by atoms with Crippen molar-refractivity contribution in [1.29, 1.82) is 0 Å². The van der Waals surface area contributed by atoms with Crippen molar-refractivity contribution >= 4 is 16.4 Å². The number of rotatable bonds is 2. The van der Waals surface area contributed by atoms with Gasteiger partial charge in [0.25, 0.3) is 0 Å². The molecular weight excluding hydrogens is 114 g/mol. The molecule has 0 aromatic carbocycles. The van der Waals surface area contributed by atoms with E-state index in [1.54, 1.807) is 0 Å². The van der Waals surface area contributed by atoms with E-state index in [0.717, 1.165) is 12.6 Å². The third-order valence-electron chi connectivity index (χ3n) is 0.444. The third-order valence-corrected chi connectivity index (χ3v) is 2.11. The molecule has 0 aliphatic rings. The van der Waals surface area contributed by atoms with Gasteiger partial charge in [0, 0.05) is 0 Å². The van der Waals surface area contributed by atoms with Crippen LogP contribution in [0.15, 0.2) is 0 Å². The molecule has 2 atom stereocenters. The maximum Gasteiger partial charge on any atom is 0.348 e. The van der Waals surface area contributed by atoms with Gasteiger partial charge >= 0.3 is 7.49 Å². The van der Waals surface area contributed by atoms with Crippen molar-refractivity contribution in [3.8, 4) is 0 Å². The molecular formula is C3H9OP2+. The predicted octanol–water partition coefficient (Wildman–Crippen LogP) is 2.01. The van der Waals surface area contributed by atoms with Crippen LogP contribution in [0.5, 0.6) is 0 Å². The molecule has 36 valence electrons. The summed E-state index contributed by atoms with van der Waals surface area (Å²) in [4.78, 5) is 0. The number of hydrogen-bond acceptors (Lipinski definition) is 1. The second kappa shape index (κ2) is 3.71. The molecule has 2 unspecified atom stereocenters. The van der Waals surface area contributed by atoms with Gasteiger partial charge in [-0.1, -0.05) is 11.5 Å². The van der Waals surface area contributed by atoms with Crippen LogP contribution in [0.4, 0.5) is 0 Å². The first-order valence-electron chi connectivity index (χ1n) is 1.96. The number of hydrogen-bond donors (Lipinski definition) is 0. The maximum atomic E-state index is 10.2. The lowest BCUT2D eigenvalue weighted by Crippen LogP contribution is -1.62. The smallest absolute Gasteiger partial charge is 0.0729 e. The Hall–Kier alpha value is 0.530. The van der Waals surface area contributed by atoms with E-state index in [1.807, 2.05) is 6.92 Å². The summed E-state index contributed by atoms with van der Waals surface area (Å²) in [5.74, 6) is 0. The summed E-state index contributed by atoms with van der Waals surface area (Å²) in [7, 11) is 1.35. The molecule has 3 heteroatoms. The monoisotopic (exact) mass is 123 g/mol. The Balaban J connectivity index is 2.83. The Labute approximate surface area is 41.4 Å². The first-order chi connectivity index (χ1) is 2.77. The Kier molecular flexibility index (Phi) is 4.04. The molecule has 0 fully saturated rings. The van der Waals surface area contributed by atoms with E-state index in [4.69, 9.17) is 0 Å². The van der Waals surface area contributed by atoms with E-state index in [0.29, 0.717) is 0 Å². The van der Waals surface area contributed by atoms with Gasteiger partial charge in [-0.05, 0) is 6.42 Å². The average Bonchev–Trinajstić information content (AvgIpc) is 1.35. The zero-order valence-electron chi connectivity index (χ0n) is 3.85. The van der Waals surface area contributed by atoms with Crippen molar-refractivity contribution in [3.05, 3.63) is 0 Å². The van der Waals surface area contributed by atoms with Gasteiger partial charge in [0.1, 0.15) is 15.1 Å². The molecule has 0 bridgehead atoms. The molecule has 0 aromatic rings. The molecule has 0 saturated carbocycles. The van der Waals surface area contributed by atoms with Crippen LogP contribution >= 0.6 is 16.4 Å². The van der Waals surface area contributed by atoms with Crippen LogP contribution in [-0.4, -0.2) is 6.16 Å². The Bertz CT molecular complexity index is 52.8. The highest BCUT2D eigenvalue weighted by atomic mass is 32.0. The minimum Gasteiger partial charge on any atom is -0.0729 e. The van der Waals surface area contributed by atoms with Crippen molar-refractivity contribution in [2.75, 3.05) is 6.16 Å². The molecule has 0 rings (SSSR count). The molecule has 0 heterocycles. The molecule has 0 aliphatic carbocycles. The average molecular weight is 123 g/mol. The van der Waals surface area contributed by atoms with Crippen molar-refractivity contribution in [3.63, 3.8) is 0 Å². The highest BCUT2D eigenvalue weighted by molar-refractivity contribution is 8.06. The van der Waals surface area contributed by atoms with Crippen molar-refractivity contribution in [2.45, 2.75) is 13.3 Å². The highest BCUT2D eigenvalue weighted by Gasteiger charge is 1.99. The summed E-state index contributed by atoms with van der Waals surface area (Å²) in [6.45, 7) is 2.03. The van der Waals surface area contributed by atoms with Crippen LogP contribution in [0.2, 0.25) is 0 Å². The van der Waals surface area contributed by atoms with Gasteiger partial charge in [0.05, 0.1) is 0 Å². The van der Waals surface area contributed by atoms with Crippen LogP contribution in [0.25, 0.3) is 0 Å². The standard InChI is InChI=1S/C3H9OP2/c1-2-3-6(4)5/h2-3,5H2,1H3/q+1. The van der Waals surface area contributed by atoms with Gasteiger partial charge in [0.2, 0.25) is 0 Å². The van der Waals surface area contributed by atoms with Crippen LogP contribution in [0, 0.1) is 0 Å². The predicted molar refractivity (Wildman–Crippen MR) is 32.5 cm³/mol. The summed E-state index contributed by atoms with van der Waals surface area (Å²) < 4.78 is 10.2. The summed E-state index contributed by atoms with van der Waals surface area (Å²) in [5, 5.41) is 0. The lowest BCUT2D eigenvalue weighted by molar-refractivity contribution is 0.595. The van der Waals surface area contributed by atoms with Gasteiger partial charge in [0.15, 0.2) is 0 Å². The minimum atomic E-state index is -0.934. The third kappa shape index (κ3) is 4.53. The molecule has 6 heavy (non-hydrogen) atoms. The molecule has 0 radical (unpaired) electrons. The van der Waals surface area contributed by atoms with E-state index in [1.165, 1.54) is 0 Å². The molecule has 1 nitrogen and oxygen atoms in total. The van der Waals surface area contributed by atoms with E-state index >= 15 is 0 Å². The van der Waals surface area contributed by atoms with Crippen LogP contribution in [0.1, 0.15) is 13.3 Å². The zero-order valence-corrected chi connectivity index (χ0v) is 5.90. The van der Waals surface area contributed by atoms with Crippen LogP contribution in [0.3, 0.4) is 0 Å². The largest absolute Gasteiger partial charge is 0.348 e. The summed E-state index contributed by atoms with van der Waals surface area (Å²) in [6, 6.07) is 0. The fourth-order valence-electron chi connectivity index (χ4n) is 0.220. The summed E-state index contributed by atoms with van der Waals surface area (Å²) in [6.07, 6.45) is 1.87. The molecule has 0 amide bonds. The molecule has 0 spiro atoms. The van der Waals surface area contributed by atoms with E-state index in [-0.39, 0.29) is 0 Å². The van der Waals surface area contributed by atoms with E-state index < -0.39 is 7.49 Å². The summed E-state index contributed by atoms with van der Waals surface area (Å²) in [5.41, 5.74) is 0. The fraction of sp³-hybridized carbons (Fsp3) is 1.00. The van der Waals surface area contributed by atoms with Gasteiger partial charge < -0.3 is 0 Å². The topological polar surface area (TPSA) is 17.1 Å². The maximum absolute atomic E-state index is 10.2. The molecule has 0 aliphatic heterocycles. The van der Waals surface area contributed by atoms with Crippen LogP contribution in [-0.2, 0) is 4.57 Å². The van der Waals surface area contributed by atoms with Crippen molar-refractivity contribution in [1.82, 2.24) is 0 Å². The lowest BCUT2D eigenvalue weighted by atomic mass is 10.6. The van der Waals surface area contributed by atoms with Crippen LogP contribution < -0.4 is 0 Å². The van der Waals surface area contributed by atoms with Gasteiger partial charge in [-0.3, -0.25) is 0 Å². The highest BCUT2D eigenvalue weighted by Crippen LogP contribution is 2.29. The van der Waals surface area contributed by atoms with Gasteiger partial charge in [-0.25, -0.2) is 0 Å². The zero-order chi connectivity index (χ0) is 4.99. The van der Waals surface area contributed by atoms with E-state index in [2.05, 4.69) is 8.93 Å². The lowest BCUT2D eigenvalue weighted by Gasteiger charge is -1.67. The van der Waals surface area contributed by atoms with E-state index in [9.17, 15) is 4.57 Å². The SMILES string of the molecule is CCC[P+](=O)P. The molecule has 0 saturated heterocycles. The minimum absolute atomic E-state index is 0.847. The normalized spacial score (nSPS) is 11.3. The fourth-order valence-corrected chi connectivity index (χ4v) is 1.44. The Morgan fingerprint density at radius 1 is 1.83 bits per heavy atom. The van der Waals surface area contributed by atoms with Gasteiger partial charge in [-0.2, -0.15) is 0 Å². The second-order valence-electron chi connectivity index (χ2n) is 1.14. The summed E-state index contributed by atoms with van der Waals surface area (Å²) >= 11 is 0. The first kappa shape index (κ1) is 6.53. The molecule has 0 N–H and O–H groups in total. The quantitative estimate of drug-likeness (QED) is 0.513. The Morgan fingerprint density at radius 2 is 2.33 bits per heavy atom. The van der Waals surface area contributed by atoms with Crippen molar-refractivity contribution < 1.29 is 4.57 Å². The first-order valence-corrected chi connectivity index (χ1v) is 5.03. The van der Waals surface area contributed by atoms with Gasteiger partial charge in [-0.15, -0.1) is 0 Å². The second-order valence-corrected chi connectivity index (χ2v) is 4.15. The molecule has 0 aromatic heterocycles.